The molecule has 0 saturated carbocycles. The monoisotopic (exact) mass is 382 g/mol. The first-order chi connectivity index (χ1) is 11.5. The minimum atomic E-state index is -4.74. The minimum Gasteiger partial charge on any atom is -0.308 e. The topological polar surface area (TPSA) is 41.1 Å². The average Bonchev–Trinajstić information content (AvgIpc) is 2.47. The number of hydrogen-bond acceptors (Lipinski definition) is 1. The predicted molar refractivity (Wildman–Crippen MR) is 80.5 cm³/mol. The van der Waals surface area contributed by atoms with Gasteiger partial charge < -0.3 is 10.6 Å². The zero-order valence-corrected chi connectivity index (χ0v) is 12.9. The third-order valence-corrected chi connectivity index (χ3v) is 3.34. The minimum absolute atomic E-state index is 0.279. The van der Waals surface area contributed by atoms with Gasteiger partial charge in [-0.25, -0.2) is 4.79 Å². The third kappa shape index (κ3) is 4.79. The lowest BCUT2D eigenvalue weighted by Gasteiger charge is -2.15. The number of halogens is 7. The molecule has 3 nitrogen and oxygen atoms in total. The molecule has 2 N–H and O–H groups in total. The molecule has 0 saturated heterocycles. The Morgan fingerprint density at radius 1 is 0.840 bits per heavy atom. The second-order valence-corrected chi connectivity index (χ2v) is 5.22. The quantitative estimate of drug-likeness (QED) is 0.612. The van der Waals surface area contributed by atoms with E-state index in [1.807, 2.05) is 10.6 Å². The maximum Gasteiger partial charge on any atom is 0.418 e. The van der Waals surface area contributed by atoms with Crippen LogP contribution in [0.2, 0.25) is 5.02 Å². The summed E-state index contributed by atoms with van der Waals surface area (Å²) in [5.74, 6) is 0. The third-order valence-electron chi connectivity index (χ3n) is 3.01. The number of para-hydroxylation sites is 1. The van der Waals surface area contributed by atoms with E-state index in [0.29, 0.717) is 6.07 Å². The Morgan fingerprint density at radius 3 is 2.04 bits per heavy atom. The summed E-state index contributed by atoms with van der Waals surface area (Å²) in [6.45, 7) is 0. The van der Waals surface area contributed by atoms with Gasteiger partial charge in [-0.1, -0.05) is 23.7 Å². The van der Waals surface area contributed by atoms with E-state index in [2.05, 4.69) is 0 Å². The fraction of sp³-hybridized carbons (Fsp3) is 0.133. The van der Waals surface area contributed by atoms with Gasteiger partial charge in [0.15, 0.2) is 0 Å². The molecule has 25 heavy (non-hydrogen) atoms. The highest BCUT2D eigenvalue weighted by Gasteiger charge is 2.34. The number of hydrogen-bond donors (Lipinski definition) is 2. The fourth-order valence-corrected chi connectivity index (χ4v) is 2.17. The van der Waals surface area contributed by atoms with Crippen molar-refractivity contribution in [1.29, 1.82) is 0 Å². The molecule has 134 valence electrons. The van der Waals surface area contributed by atoms with Gasteiger partial charge in [0.2, 0.25) is 0 Å². The van der Waals surface area contributed by atoms with Crippen LogP contribution in [0.5, 0.6) is 0 Å². The molecule has 0 fully saturated rings. The molecule has 2 amide bonds. The van der Waals surface area contributed by atoms with E-state index in [-0.39, 0.29) is 5.69 Å². The lowest BCUT2D eigenvalue weighted by atomic mass is 10.1. The van der Waals surface area contributed by atoms with Crippen LogP contribution in [-0.4, -0.2) is 6.03 Å². The van der Waals surface area contributed by atoms with Crippen molar-refractivity contribution in [1.82, 2.24) is 0 Å². The van der Waals surface area contributed by atoms with Crippen molar-refractivity contribution in [2.24, 2.45) is 0 Å². The average molecular weight is 383 g/mol. The highest BCUT2D eigenvalue weighted by atomic mass is 35.5. The van der Waals surface area contributed by atoms with Gasteiger partial charge in [0.25, 0.3) is 0 Å². The number of anilines is 2. The number of carbonyl (C=O) groups is 1. The van der Waals surface area contributed by atoms with Crippen molar-refractivity contribution < 1.29 is 31.1 Å². The number of carbonyl (C=O) groups excluding carboxylic acids is 1. The van der Waals surface area contributed by atoms with Crippen LogP contribution in [0, 0.1) is 0 Å². The highest BCUT2D eigenvalue weighted by molar-refractivity contribution is 6.31. The zero-order chi connectivity index (χ0) is 18.8. The van der Waals surface area contributed by atoms with Crippen LogP contribution in [0.1, 0.15) is 11.1 Å². The summed E-state index contributed by atoms with van der Waals surface area (Å²) >= 11 is 5.44. The predicted octanol–water partition coefficient (Wildman–Crippen LogP) is 6.02. The molecule has 0 radical (unpaired) electrons. The number of alkyl halides is 6. The van der Waals surface area contributed by atoms with E-state index in [4.69, 9.17) is 11.6 Å². The van der Waals surface area contributed by atoms with Crippen LogP contribution >= 0.6 is 11.6 Å². The van der Waals surface area contributed by atoms with Gasteiger partial charge in [0.1, 0.15) is 0 Å². The van der Waals surface area contributed by atoms with Crippen molar-refractivity contribution in [2.75, 3.05) is 10.6 Å². The van der Waals surface area contributed by atoms with Crippen molar-refractivity contribution in [3.8, 4) is 0 Å². The molecule has 0 spiro atoms. The van der Waals surface area contributed by atoms with Crippen molar-refractivity contribution in [3.63, 3.8) is 0 Å². The van der Waals surface area contributed by atoms with Gasteiger partial charge in [-0.3, -0.25) is 0 Å². The molecule has 2 aromatic rings. The van der Waals surface area contributed by atoms with Gasteiger partial charge in [-0.05, 0) is 30.3 Å². The summed E-state index contributed by atoms with van der Waals surface area (Å²) in [4.78, 5) is 11.8. The zero-order valence-electron chi connectivity index (χ0n) is 12.1. The molecule has 0 atom stereocenters. The summed E-state index contributed by atoms with van der Waals surface area (Å²) in [6, 6.07) is 5.65. The van der Waals surface area contributed by atoms with Crippen molar-refractivity contribution in [2.45, 2.75) is 12.4 Å². The maximum atomic E-state index is 12.8. The summed E-state index contributed by atoms with van der Waals surface area (Å²) in [5.41, 5.74) is -3.07. The van der Waals surface area contributed by atoms with E-state index in [0.717, 1.165) is 30.3 Å². The standard InChI is InChI=1S/C15H9ClF6N2O/c16-11-6-5-8(7-10(11)15(20,21)22)23-13(25)24-12-4-2-1-3-9(12)14(17,18)19/h1-7H,(H2,23,24,25). The van der Waals surface area contributed by atoms with Crippen LogP contribution in [0.3, 0.4) is 0 Å². The van der Waals surface area contributed by atoms with Crippen LogP contribution in [-0.2, 0) is 12.4 Å². The van der Waals surface area contributed by atoms with E-state index in [9.17, 15) is 31.1 Å². The first kappa shape index (κ1) is 18.9. The van der Waals surface area contributed by atoms with Gasteiger partial charge in [-0.2, -0.15) is 26.3 Å². The van der Waals surface area contributed by atoms with Gasteiger partial charge in [0, 0.05) is 5.69 Å². The molecule has 0 bridgehead atoms. The number of urea groups is 1. The number of nitrogens with one attached hydrogen (secondary N) is 2. The molecule has 10 heteroatoms. The number of rotatable bonds is 2. The Labute approximate surface area is 142 Å². The normalized spacial score (nSPS) is 12.0. The Hall–Kier alpha value is -2.42. The summed E-state index contributed by atoms with van der Waals surface area (Å²) in [7, 11) is 0. The van der Waals surface area contributed by atoms with Crippen molar-refractivity contribution in [3.05, 3.63) is 58.6 Å². The molecule has 2 rings (SSSR count). The van der Waals surface area contributed by atoms with Crippen LogP contribution in [0.15, 0.2) is 42.5 Å². The van der Waals surface area contributed by atoms with Crippen LogP contribution in [0.25, 0.3) is 0 Å². The second kappa shape index (κ2) is 6.83. The van der Waals surface area contributed by atoms with Gasteiger partial charge in [-0.15, -0.1) is 0 Å². The molecular weight excluding hydrogens is 374 g/mol. The summed E-state index contributed by atoms with van der Waals surface area (Å²) < 4.78 is 76.8. The van der Waals surface area contributed by atoms with Crippen LogP contribution in [0.4, 0.5) is 42.5 Å². The molecule has 0 aliphatic rings. The Bertz CT molecular complexity index is 788. The van der Waals surface area contributed by atoms with E-state index in [1.54, 1.807) is 0 Å². The SMILES string of the molecule is O=C(Nc1ccc(Cl)c(C(F)(F)F)c1)Nc1ccccc1C(F)(F)F. The smallest absolute Gasteiger partial charge is 0.308 e. The Kier molecular flexibility index (Phi) is 5.17. The molecule has 2 aromatic carbocycles. The molecule has 0 aliphatic heterocycles. The Balaban J connectivity index is 2.20. The summed E-state index contributed by atoms with van der Waals surface area (Å²) in [5, 5.41) is 3.42. The number of amides is 2. The molecule has 0 aliphatic carbocycles. The second-order valence-electron chi connectivity index (χ2n) is 4.81. The molecular formula is C15H9ClF6N2O. The maximum absolute atomic E-state index is 12.8. The largest absolute Gasteiger partial charge is 0.418 e. The number of benzene rings is 2. The Morgan fingerprint density at radius 2 is 1.44 bits per heavy atom. The van der Waals surface area contributed by atoms with E-state index in [1.165, 1.54) is 6.07 Å². The lowest BCUT2D eigenvalue weighted by molar-refractivity contribution is -0.138. The van der Waals surface area contributed by atoms with Crippen LogP contribution < -0.4 is 10.6 Å². The van der Waals surface area contributed by atoms with Gasteiger partial charge in [0.05, 0.1) is 21.8 Å². The first-order valence-electron chi connectivity index (χ1n) is 6.59. The van der Waals surface area contributed by atoms with Gasteiger partial charge >= 0.3 is 18.4 Å². The lowest BCUT2D eigenvalue weighted by Crippen LogP contribution is -2.22. The van der Waals surface area contributed by atoms with Crippen molar-refractivity contribution >= 4 is 29.0 Å². The molecule has 0 unspecified atom stereocenters. The fourth-order valence-electron chi connectivity index (χ4n) is 1.94. The van der Waals surface area contributed by atoms with E-state index >= 15 is 0 Å². The molecule has 0 heterocycles. The summed E-state index contributed by atoms with van der Waals surface area (Å²) in [6.07, 6.45) is -9.44. The molecule has 0 aromatic heterocycles. The first-order valence-corrected chi connectivity index (χ1v) is 6.97. The van der Waals surface area contributed by atoms with E-state index < -0.39 is 40.2 Å². The highest BCUT2D eigenvalue weighted by Crippen LogP contribution is 2.37.